The topological polar surface area (TPSA) is 72.0 Å². The fraction of sp³-hybridized carbons (Fsp3) is 0.556. The van der Waals surface area contributed by atoms with Crippen molar-refractivity contribution in [2.45, 2.75) is 32.4 Å². The van der Waals surface area contributed by atoms with Crippen molar-refractivity contribution in [3.63, 3.8) is 0 Å². The summed E-state index contributed by atoms with van der Waals surface area (Å²) in [5.74, 6) is 0.629. The summed E-state index contributed by atoms with van der Waals surface area (Å²) < 4.78 is 29.5. The summed E-state index contributed by atoms with van der Waals surface area (Å²) in [5, 5.41) is -0.149. The Morgan fingerprint density at radius 3 is 2.75 bits per heavy atom. The van der Waals surface area contributed by atoms with E-state index in [1.807, 2.05) is 19.1 Å². The minimum atomic E-state index is -3.32. The van der Waals surface area contributed by atoms with Crippen LogP contribution in [-0.2, 0) is 16.4 Å². The average molecular weight is 261 g/mol. The van der Waals surface area contributed by atoms with Gasteiger partial charge in [0.1, 0.15) is 5.82 Å². The lowest BCUT2D eigenvalue weighted by Crippen LogP contribution is -2.22. The van der Waals surface area contributed by atoms with Crippen molar-refractivity contribution >= 4 is 26.7 Å². The van der Waals surface area contributed by atoms with E-state index in [9.17, 15) is 8.42 Å². The lowest BCUT2D eigenvalue weighted by molar-refractivity contribution is 0.592. The van der Waals surface area contributed by atoms with Gasteiger partial charge >= 0.3 is 0 Å². The molecule has 0 spiro atoms. The summed E-state index contributed by atoms with van der Waals surface area (Å²) in [6.45, 7) is 5.14. The maximum absolute atomic E-state index is 11.5. The van der Waals surface area contributed by atoms with Gasteiger partial charge in [-0.1, -0.05) is 12.2 Å². The molecule has 1 rings (SSSR count). The number of hydrogen-bond acceptors (Lipinski definition) is 5. The summed E-state index contributed by atoms with van der Waals surface area (Å²) in [6, 6.07) is 0. The second kappa shape index (κ2) is 5.40. The van der Waals surface area contributed by atoms with Crippen molar-refractivity contribution in [2.75, 3.05) is 4.72 Å². The van der Waals surface area contributed by atoms with Gasteiger partial charge in [0.15, 0.2) is 0 Å². The molecule has 0 aliphatic carbocycles. The average Bonchev–Trinajstić information content (AvgIpc) is 2.61. The Morgan fingerprint density at radius 2 is 2.19 bits per heavy atom. The zero-order valence-electron chi connectivity index (χ0n) is 9.47. The van der Waals surface area contributed by atoms with Crippen LogP contribution in [0.25, 0.3) is 0 Å². The highest BCUT2D eigenvalue weighted by Crippen LogP contribution is 2.15. The first kappa shape index (κ1) is 13.1. The Hall–Kier alpha value is -0.950. The number of rotatable bonds is 5. The molecule has 16 heavy (non-hydrogen) atoms. The Bertz CT molecular complexity index is 463. The monoisotopic (exact) mass is 261 g/mol. The molecule has 1 aromatic heterocycles. The van der Waals surface area contributed by atoms with Gasteiger partial charge in [0.25, 0.3) is 0 Å². The molecule has 5 nitrogen and oxygen atoms in total. The maximum atomic E-state index is 11.5. The highest BCUT2D eigenvalue weighted by atomic mass is 32.2. The van der Waals surface area contributed by atoms with Gasteiger partial charge < -0.3 is 0 Å². The van der Waals surface area contributed by atoms with Gasteiger partial charge in [0.2, 0.25) is 15.2 Å². The quantitative estimate of drug-likeness (QED) is 0.820. The van der Waals surface area contributed by atoms with Crippen LogP contribution in [0, 0.1) is 0 Å². The van der Waals surface area contributed by atoms with Crippen LogP contribution in [0.1, 0.15) is 26.6 Å². The van der Waals surface area contributed by atoms with E-state index in [2.05, 4.69) is 14.1 Å². The standard InChI is InChI=1S/C9H15N3O2S2/c1-4-5-6-8-10-9(15-11-8)12-16(13,14)7(2)3/h4-5,7H,6H2,1-3H3,(H,10,11,12)/b5-4-. The lowest BCUT2D eigenvalue weighted by atomic mass is 10.4. The Morgan fingerprint density at radius 1 is 1.50 bits per heavy atom. The van der Waals surface area contributed by atoms with Crippen molar-refractivity contribution in [1.82, 2.24) is 9.36 Å². The molecule has 1 heterocycles. The predicted octanol–water partition coefficient (Wildman–Crippen LogP) is 1.81. The molecule has 90 valence electrons. The van der Waals surface area contributed by atoms with Gasteiger partial charge in [0, 0.05) is 18.0 Å². The van der Waals surface area contributed by atoms with Crippen LogP contribution in [0.2, 0.25) is 0 Å². The number of nitrogens with zero attached hydrogens (tertiary/aromatic N) is 2. The molecule has 0 radical (unpaired) electrons. The van der Waals surface area contributed by atoms with Crippen LogP contribution in [0.15, 0.2) is 12.2 Å². The number of sulfonamides is 1. The Balaban J connectivity index is 2.73. The second-order valence-electron chi connectivity index (χ2n) is 3.48. The minimum absolute atomic E-state index is 0.327. The molecule has 0 amide bonds. The van der Waals surface area contributed by atoms with Gasteiger partial charge in [-0.2, -0.15) is 4.37 Å². The first-order valence-corrected chi connectivity index (χ1v) is 7.23. The van der Waals surface area contributed by atoms with Crippen LogP contribution < -0.4 is 4.72 Å². The third-order valence-electron chi connectivity index (χ3n) is 1.85. The van der Waals surface area contributed by atoms with Gasteiger partial charge in [-0.15, -0.1) is 0 Å². The third kappa shape index (κ3) is 3.57. The van der Waals surface area contributed by atoms with Crippen LogP contribution in [0.4, 0.5) is 5.13 Å². The molecule has 0 aromatic carbocycles. The van der Waals surface area contributed by atoms with Gasteiger partial charge in [-0.05, 0) is 20.8 Å². The van der Waals surface area contributed by atoms with E-state index in [0.717, 1.165) is 11.5 Å². The Kier molecular flexibility index (Phi) is 4.43. The molecule has 0 aliphatic rings. The number of anilines is 1. The van der Waals surface area contributed by atoms with E-state index < -0.39 is 15.3 Å². The highest BCUT2D eigenvalue weighted by molar-refractivity contribution is 7.93. The summed E-state index contributed by atoms with van der Waals surface area (Å²) in [7, 11) is -3.32. The van der Waals surface area contributed by atoms with E-state index >= 15 is 0 Å². The normalized spacial score (nSPS) is 12.5. The molecule has 0 saturated heterocycles. The van der Waals surface area contributed by atoms with Gasteiger partial charge in [0.05, 0.1) is 5.25 Å². The molecule has 0 atom stereocenters. The minimum Gasteiger partial charge on any atom is -0.257 e. The fourth-order valence-electron chi connectivity index (χ4n) is 0.841. The van der Waals surface area contributed by atoms with E-state index in [4.69, 9.17) is 0 Å². The van der Waals surface area contributed by atoms with E-state index in [1.54, 1.807) is 13.8 Å². The van der Waals surface area contributed by atoms with Gasteiger partial charge in [-0.25, -0.2) is 13.4 Å². The van der Waals surface area contributed by atoms with Crippen LogP contribution in [0.3, 0.4) is 0 Å². The van der Waals surface area contributed by atoms with Crippen LogP contribution >= 0.6 is 11.5 Å². The Labute approximate surface area is 99.8 Å². The van der Waals surface area contributed by atoms with Crippen molar-refractivity contribution in [1.29, 1.82) is 0 Å². The molecule has 0 saturated carbocycles. The zero-order chi connectivity index (χ0) is 12.2. The molecular weight excluding hydrogens is 246 g/mol. The van der Waals surface area contributed by atoms with Crippen LogP contribution in [0.5, 0.6) is 0 Å². The molecule has 0 bridgehead atoms. The number of aromatic nitrogens is 2. The van der Waals surface area contributed by atoms with E-state index in [1.165, 1.54) is 0 Å². The summed E-state index contributed by atoms with van der Waals surface area (Å²) >= 11 is 1.06. The first-order chi connectivity index (χ1) is 7.45. The summed E-state index contributed by atoms with van der Waals surface area (Å²) in [6.07, 6.45) is 4.44. The van der Waals surface area contributed by atoms with E-state index in [0.29, 0.717) is 17.4 Å². The lowest BCUT2D eigenvalue weighted by Gasteiger charge is -2.06. The SMILES string of the molecule is C/C=C\Cc1nsc(NS(=O)(=O)C(C)C)n1. The van der Waals surface area contributed by atoms with Crippen molar-refractivity contribution in [3.8, 4) is 0 Å². The largest absolute Gasteiger partial charge is 0.257 e. The molecule has 1 N–H and O–H groups in total. The smallest absolute Gasteiger partial charge is 0.236 e. The molecule has 0 unspecified atom stereocenters. The second-order valence-corrected chi connectivity index (χ2v) is 6.47. The van der Waals surface area contributed by atoms with Crippen LogP contribution in [-0.4, -0.2) is 23.0 Å². The van der Waals surface area contributed by atoms with Crippen molar-refractivity contribution in [3.05, 3.63) is 18.0 Å². The molecule has 1 aromatic rings. The molecule has 0 aliphatic heterocycles. The number of allylic oxidation sites excluding steroid dienone is 2. The van der Waals surface area contributed by atoms with Crippen molar-refractivity contribution < 1.29 is 8.42 Å². The fourth-order valence-corrected chi connectivity index (χ4v) is 2.32. The molecule has 7 heteroatoms. The highest BCUT2D eigenvalue weighted by Gasteiger charge is 2.17. The summed E-state index contributed by atoms with van der Waals surface area (Å²) in [4.78, 5) is 4.08. The third-order valence-corrected chi connectivity index (χ3v) is 4.37. The first-order valence-electron chi connectivity index (χ1n) is 4.91. The number of hydrogen-bond donors (Lipinski definition) is 1. The summed E-state index contributed by atoms with van der Waals surface area (Å²) in [5.41, 5.74) is 0. The zero-order valence-corrected chi connectivity index (χ0v) is 11.1. The van der Waals surface area contributed by atoms with Crippen molar-refractivity contribution in [2.24, 2.45) is 0 Å². The van der Waals surface area contributed by atoms with Gasteiger partial charge in [-0.3, -0.25) is 4.72 Å². The molecular formula is C9H15N3O2S2. The molecule has 0 fully saturated rings. The maximum Gasteiger partial charge on any atom is 0.236 e. The van der Waals surface area contributed by atoms with E-state index in [-0.39, 0.29) is 0 Å². The number of nitrogens with one attached hydrogen (secondary N) is 1. The predicted molar refractivity (Wildman–Crippen MR) is 66.1 cm³/mol.